The van der Waals surface area contributed by atoms with Crippen LogP contribution in [0, 0.1) is 11.6 Å². The van der Waals surface area contributed by atoms with E-state index in [1.165, 1.54) is 12.1 Å². The molecule has 1 aliphatic carbocycles. The third-order valence-corrected chi connectivity index (χ3v) is 4.77. The summed E-state index contributed by atoms with van der Waals surface area (Å²) in [5, 5.41) is 0. The molecule has 0 bridgehead atoms. The van der Waals surface area contributed by atoms with E-state index in [1.807, 2.05) is 27.7 Å². The van der Waals surface area contributed by atoms with E-state index in [-0.39, 0.29) is 30.1 Å². The van der Waals surface area contributed by atoms with Gasteiger partial charge in [0.25, 0.3) is 0 Å². The van der Waals surface area contributed by atoms with Gasteiger partial charge in [0.15, 0.2) is 0 Å². The first kappa shape index (κ1) is 14.0. The second-order valence-electron chi connectivity index (χ2n) is 6.83. The summed E-state index contributed by atoms with van der Waals surface area (Å²) in [5.41, 5.74) is -0.0297. The molecular formula is C15H19BF2O2. The first-order valence-corrected chi connectivity index (χ1v) is 7.01. The van der Waals surface area contributed by atoms with E-state index in [1.54, 1.807) is 0 Å². The van der Waals surface area contributed by atoms with E-state index in [2.05, 4.69) is 0 Å². The number of rotatable bonds is 2. The van der Waals surface area contributed by atoms with Crippen molar-refractivity contribution >= 4 is 7.12 Å². The van der Waals surface area contributed by atoms with Crippen LogP contribution in [-0.4, -0.2) is 18.3 Å². The highest BCUT2D eigenvalue weighted by molar-refractivity contribution is 6.49. The van der Waals surface area contributed by atoms with E-state index in [4.69, 9.17) is 9.31 Å². The van der Waals surface area contributed by atoms with Gasteiger partial charge in [0, 0.05) is 11.9 Å². The molecule has 0 spiro atoms. The zero-order chi connectivity index (χ0) is 14.7. The molecule has 0 N–H and O–H groups in total. The SMILES string of the molecule is CC1(C)OB([C@H]2C[C@@H]2c2cc(F)cc(F)c2)OC1(C)C. The minimum absolute atomic E-state index is 0.120. The first-order chi connectivity index (χ1) is 9.19. The highest BCUT2D eigenvalue weighted by Gasteiger charge is 2.59. The third-order valence-electron chi connectivity index (χ3n) is 4.77. The van der Waals surface area contributed by atoms with Crippen molar-refractivity contribution < 1.29 is 18.1 Å². The normalized spacial score (nSPS) is 30.6. The molecule has 1 saturated carbocycles. The second-order valence-corrected chi connectivity index (χ2v) is 6.83. The van der Waals surface area contributed by atoms with Crippen molar-refractivity contribution in [1.29, 1.82) is 0 Å². The zero-order valence-corrected chi connectivity index (χ0v) is 12.2. The Balaban J connectivity index is 1.74. The Kier molecular flexibility index (Phi) is 3.00. The summed E-state index contributed by atoms with van der Waals surface area (Å²) in [6.45, 7) is 8.02. The summed E-state index contributed by atoms with van der Waals surface area (Å²) in [6.07, 6.45) is 0.847. The Morgan fingerprint density at radius 3 is 2.00 bits per heavy atom. The van der Waals surface area contributed by atoms with Gasteiger partial charge in [-0.15, -0.1) is 0 Å². The predicted molar refractivity (Wildman–Crippen MR) is 73.5 cm³/mol. The molecule has 0 amide bonds. The van der Waals surface area contributed by atoms with Crippen molar-refractivity contribution in [3.8, 4) is 0 Å². The van der Waals surface area contributed by atoms with Crippen LogP contribution >= 0.6 is 0 Å². The van der Waals surface area contributed by atoms with Crippen LogP contribution in [0.3, 0.4) is 0 Å². The van der Waals surface area contributed by atoms with Gasteiger partial charge in [0.1, 0.15) is 11.6 Å². The Hall–Kier alpha value is -0.935. The lowest BCUT2D eigenvalue weighted by molar-refractivity contribution is 0.00578. The fourth-order valence-corrected chi connectivity index (χ4v) is 2.75. The van der Waals surface area contributed by atoms with E-state index in [0.717, 1.165) is 12.5 Å². The maximum atomic E-state index is 13.3. The quantitative estimate of drug-likeness (QED) is 0.764. The monoisotopic (exact) mass is 280 g/mol. The van der Waals surface area contributed by atoms with Gasteiger partial charge in [-0.25, -0.2) is 8.78 Å². The van der Waals surface area contributed by atoms with Crippen LogP contribution in [0.5, 0.6) is 0 Å². The number of hydrogen-bond donors (Lipinski definition) is 0. The molecule has 0 unspecified atom stereocenters. The second kappa shape index (κ2) is 4.28. The van der Waals surface area contributed by atoms with Gasteiger partial charge in [-0.05, 0) is 57.7 Å². The topological polar surface area (TPSA) is 18.5 Å². The Labute approximate surface area is 118 Å². The molecule has 108 valence electrons. The number of halogens is 2. The molecule has 20 heavy (non-hydrogen) atoms. The molecule has 1 aliphatic heterocycles. The van der Waals surface area contributed by atoms with Crippen molar-refractivity contribution in [2.24, 2.45) is 0 Å². The van der Waals surface area contributed by atoms with Crippen LogP contribution < -0.4 is 0 Å². The van der Waals surface area contributed by atoms with E-state index in [0.29, 0.717) is 5.56 Å². The molecule has 2 nitrogen and oxygen atoms in total. The predicted octanol–water partition coefficient (Wildman–Crippen LogP) is 3.91. The minimum Gasteiger partial charge on any atom is -0.403 e. The maximum Gasteiger partial charge on any atom is 0.461 e. The lowest BCUT2D eigenvalue weighted by atomic mass is 9.79. The fraction of sp³-hybridized carbons (Fsp3) is 0.600. The highest BCUT2D eigenvalue weighted by Crippen LogP contribution is 2.58. The maximum absolute atomic E-state index is 13.3. The van der Waals surface area contributed by atoms with Crippen LogP contribution in [0.4, 0.5) is 8.78 Å². The minimum atomic E-state index is -0.528. The summed E-state index contributed by atoms with van der Waals surface area (Å²) in [4.78, 5) is 0. The molecule has 1 heterocycles. The van der Waals surface area contributed by atoms with E-state index < -0.39 is 11.6 Å². The van der Waals surface area contributed by atoms with E-state index in [9.17, 15) is 8.78 Å². The molecule has 1 saturated heterocycles. The van der Waals surface area contributed by atoms with Crippen molar-refractivity contribution in [3.63, 3.8) is 0 Å². The van der Waals surface area contributed by atoms with Crippen molar-refractivity contribution in [2.45, 2.75) is 57.1 Å². The smallest absolute Gasteiger partial charge is 0.403 e. The summed E-state index contributed by atoms with van der Waals surface area (Å²) in [6, 6.07) is 3.70. The first-order valence-electron chi connectivity index (χ1n) is 7.01. The molecular weight excluding hydrogens is 261 g/mol. The van der Waals surface area contributed by atoms with Gasteiger partial charge in [0.05, 0.1) is 11.2 Å². The van der Waals surface area contributed by atoms with Crippen LogP contribution in [-0.2, 0) is 9.31 Å². The fourth-order valence-electron chi connectivity index (χ4n) is 2.75. The molecule has 0 aromatic heterocycles. The number of benzene rings is 1. The van der Waals surface area contributed by atoms with Crippen LogP contribution in [0.2, 0.25) is 5.82 Å². The largest absolute Gasteiger partial charge is 0.461 e. The van der Waals surface area contributed by atoms with Gasteiger partial charge in [-0.3, -0.25) is 0 Å². The zero-order valence-electron chi connectivity index (χ0n) is 12.2. The summed E-state index contributed by atoms with van der Waals surface area (Å²) < 4.78 is 38.5. The molecule has 3 rings (SSSR count). The van der Waals surface area contributed by atoms with Gasteiger partial charge >= 0.3 is 7.12 Å². The van der Waals surface area contributed by atoms with Crippen molar-refractivity contribution in [2.75, 3.05) is 0 Å². The Morgan fingerprint density at radius 2 is 1.50 bits per heavy atom. The van der Waals surface area contributed by atoms with Crippen LogP contribution in [0.25, 0.3) is 0 Å². The van der Waals surface area contributed by atoms with Gasteiger partial charge in [-0.1, -0.05) is 0 Å². The Bertz CT molecular complexity index is 508. The molecule has 2 atom stereocenters. The molecule has 1 aromatic rings. The van der Waals surface area contributed by atoms with Crippen LogP contribution in [0.15, 0.2) is 18.2 Å². The summed E-state index contributed by atoms with van der Waals surface area (Å²) >= 11 is 0. The molecule has 2 fully saturated rings. The molecule has 1 aromatic carbocycles. The van der Waals surface area contributed by atoms with Crippen molar-refractivity contribution in [3.05, 3.63) is 35.4 Å². The number of hydrogen-bond acceptors (Lipinski definition) is 2. The third kappa shape index (κ3) is 2.27. The molecule has 5 heteroatoms. The lowest BCUT2D eigenvalue weighted by Gasteiger charge is -2.32. The summed E-state index contributed by atoms with van der Waals surface area (Å²) in [7, 11) is -0.295. The van der Waals surface area contributed by atoms with Gasteiger partial charge in [-0.2, -0.15) is 0 Å². The average Bonchev–Trinajstić information content (AvgIpc) is 3.01. The lowest BCUT2D eigenvalue weighted by Crippen LogP contribution is -2.41. The average molecular weight is 280 g/mol. The summed E-state index contributed by atoms with van der Waals surface area (Å²) in [5.74, 6) is -0.758. The van der Waals surface area contributed by atoms with Gasteiger partial charge < -0.3 is 9.31 Å². The molecule has 0 radical (unpaired) electrons. The van der Waals surface area contributed by atoms with Gasteiger partial charge in [0.2, 0.25) is 0 Å². The van der Waals surface area contributed by atoms with Crippen LogP contribution in [0.1, 0.15) is 45.6 Å². The van der Waals surface area contributed by atoms with Crippen molar-refractivity contribution in [1.82, 2.24) is 0 Å². The standard InChI is InChI=1S/C15H19BF2O2/c1-14(2)15(3,4)20-16(19-14)13-8-12(13)9-5-10(17)7-11(18)6-9/h5-7,12-13H,8H2,1-4H3/t12-,13+/m1/s1. The Morgan fingerprint density at radius 1 is 1.00 bits per heavy atom. The molecule has 2 aliphatic rings. The van der Waals surface area contributed by atoms with E-state index >= 15 is 0 Å². The highest BCUT2D eigenvalue weighted by atomic mass is 19.1.